The maximum absolute atomic E-state index is 12.7. The van der Waals surface area contributed by atoms with Crippen LogP contribution >= 0.6 is 11.3 Å². The van der Waals surface area contributed by atoms with Gasteiger partial charge in [0.15, 0.2) is 0 Å². The van der Waals surface area contributed by atoms with Gasteiger partial charge in [-0.05, 0) is 30.7 Å². The van der Waals surface area contributed by atoms with Gasteiger partial charge < -0.3 is 10.1 Å². The van der Waals surface area contributed by atoms with E-state index in [0.717, 1.165) is 29.9 Å². The summed E-state index contributed by atoms with van der Waals surface area (Å²) in [4.78, 5) is 1.30. The summed E-state index contributed by atoms with van der Waals surface area (Å²) in [5.74, 6) is 0. The molecule has 2 N–H and O–H groups in total. The molecule has 1 unspecified atom stereocenters. The first kappa shape index (κ1) is 16.9. The van der Waals surface area contributed by atoms with E-state index in [2.05, 4.69) is 10.0 Å². The number of nitrogens with one attached hydrogen (secondary N) is 2. The minimum absolute atomic E-state index is 0.117. The molecule has 0 amide bonds. The Morgan fingerprint density at radius 1 is 1.48 bits per heavy atom. The zero-order valence-electron chi connectivity index (χ0n) is 12.8. The summed E-state index contributed by atoms with van der Waals surface area (Å²) >= 11 is 1.49. The third-order valence-electron chi connectivity index (χ3n) is 3.41. The summed E-state index contributed by atoms with van der Waals surface area (Å²) in [5.41, 5.74) is 0.810. The SMILES string of the molecule is Cc1csc(CNC(C)C)c1S(=O)(=O)NC1CCCOC1. The van der Waals surface area contributed by atoms with Crippen LogP contribution in [0, 0.1) is 6.92 Å². The second kappa shape index (κ2) is 7.19. The van der Waals surface area contributed by atoms with Crippen molar-refractivity contribution < 1.29 is 13.2 Å². The molecular weight excluding hydrogens is 308 g/mol. The monoisotopic (exact) mass is 332 g/mol. The fourth-order valence-electron chi connectivity index (χ4n) is 2.38. The average molecular weight is 332 g/mol. The molecule has 120 valence electrons. The molecule has 7 heteroatoms. The first-order valence-electron chi connectivity index (χ1n) is 7.30. The van der Waals surface area contributed by atoms with E-state index in [1.807, 2.05) is 26.2 Å². The van der Waals surface area contributed by atoms with Crippen LogP contribution in [-0.4, -0.2) is 33.7 Å². The summed E-state index contributed by atoms with van der Waals surface area (Å²) in [6.07, 6.45) is 1.74. The first-order valence-corrected chi connectivity index (χ1v) is 9.67. The molecule has 0 radical (unpaired) electrons. The Hall–Kier alpha value is -0.470. The maximum Gasteiger partial charge on any atom is 0.242 e. The van der Waals surface area contributed by atoms with Gasteiger partial charge in [-0.1, -0.05) is 13.8 Å². The van der Waals surface area contributed by atoms with Crippen molar-refractivity contribution in [1.82, 2.24) is 10.0 Å². The molecule has 0 aliphatic carbocycles. The molecule has 0 aromatic carbocycles. The Kier molecular flexibility index (Phi) is 5.79. The minimum Gasteiger partial charge on any atom is -0.380 e. The predicted molar refractivity (Wildman–Crippen MR) is 85.2 cm³/mol. The summed E-state index contributed by atoms with van der Waals surface area (Å²) in [5, 5.41) is 5.19. The van der Waals surface area contributed by atoms with E-state index >= 15 is 0 Å². The van der Waals surface area contributed by atoms with Crippen LogP contribution in [-0.2, 0) is 21.3 Å². The lowest BCUT2D eigenvalue weighted by molar-refractivity contribution is 0.0774. The van der Waals surface area contributed by atoms with Crippen LogP contribution in [0.25, 0.3) is 0 Å². The Balaban J connectivity index is 2.16. The van der Waals surface area contributed by atoms with E-state index in [-0.39, 0.29) is 6.04 Å². The molecule has 1 aliphatic heterocycles. The van der Waals surface area contributed by atoms with Gasteiger partial charge in [0, 0.05) is 30.1 Å². The largest absolute Gasteiger partial charge is 0.380 e. The van der Waals surface area contributed by atoms with E-state index in [1.54, 1.807) is 0 Å². The molecule has 2 heterocycles. The second-order valence-corrected chi connectivity index (χ2v) is 8.36. The van der Waals surface area contributed by atoms with E-state index in [1.165, 1.54) is 11.3 Å². The average Bonchev–Trinajstić information content (AvgIpc) is 2.79. The molecule has 21 heavy (non-hydrogen) atoms. The number of hydrogen-bond donors (Lipinski definition) is 2. The van der Waals surface area contributed by atoms with Crippen LogP contribution in [0.15, 0.2) is 10.3 Å². The molecule has 0 spiro atoms. The van der Waals surface area contributed by atoms with Gasteiger partial charge >= 0.3 is 0 Å². The molecule has 1 aromatic heterocycles. The standard InChI is InChI=1S/C14H24N2O3S2/c1-10(2)15-7-13-14(11(3)9-20-13)21(17,18)16-12-5-4-6-19-8-12/h9-10,12,15-16H,4-8H2,1-3H3. The second-order valence-electron chi connectivity index (χ2n) is 5.74. The topological polar surface area (TPSA) is 67.4 Å². The van der Waals surface area contributed by atoms with Gasteiger partial charge in [0.05, 0.1) is 6.61 Å². The van der Waals surface area contributed by atoms with E-state index in [0.29, 0.717) is 24.1 Å². The van der Waals surface area contributed by atoms with Crippen molar-refractivity contribution in [1.29, 1.82) is 0 Å². The van der Waals surface area contributed by atoms with E-state index < -0.39 is 10.0 Å². The Morgan fingerprint density at radius 2 is 2.24 bits per heavy atom. The summed E-state index contributed by atoms with van der Waals surface area (Å²) < 4.78 is 33.5. The lowest BCUT2D eigenvalue weighted by atomic mass is 10.1. The Bertz CT molecular complexity index is 561. The third-order valence-corrected chi connectivity index (χ3v) is 6.39. The van der Waals surface area contributed by atoms with Crippen LogP contribution in [0.4, 0.5) is 0 Å². The van der Waals surface area contributed by atoms with Gasteiger partial charge in [-0.2, -0.15) is 0 Å². The number of aryl methyl sites for hydroxylation is 1. The maximum atomic E-state index is 12.7. The summed E-state index contributed by atoms with van der Waals surface area (Å²) in [7, 11) is -3.49. The molecule has 1 saturated heterocycles. The van der Waals surface area contributed by atoms with Crippen molar-refractivity contribution in [3.63, 3.8) is 0 Å². The third kappa shape index (κ3) is 4.50. The van der Waals surface area contributed by atoms with Crippen LogP contribution in [0.3, 0.4) is 0 Å². The van der Waals surface area contributed by atoms with Crippen molar-refractivity contribution in [2.75, 3.05) is 13.2 Å². The minimum atomic E-state index is -3.49. The normalized spacial score (nSPS) is 20.1. The lowest BCUT2D eigenvalue weighted by Crippen LogP contribution is -2.41. The van der Waals surface area contributed by atoms with Crippen molar-refractivity contribution in [3.8, 4) is 0 Å². The Morgan fingerprint density at radius 3 is 2.86 bits per heavy atom. The molecule has 1 atom stereocenters. The number of hydrogen-bond acceptors (Lipinski definition) is 5. The van der Waals surface area contributed by atoms with Crippen molar-refractivity contribution >= 4 is 21.4 Å². The zero-order valence-corrected chi connectivity index (χ0v) is 14.4. The van der Waals surface area contributed by atoms with Crippen LogP contribution in [0.5, 0.6) is 0 Å². The fourth-order valence-corrected chi connectivity index (χ4v) is 5.40. The summed E-state index contributed by atoms with van der Waals surface area (Å²) in [6.45, 7) is 7.70. The molecule has 5 nitrogen and oxygen atoms in total. The molecular formula is C14H24N2O3S2. The predicted octanol–water partition coefficient (Wildman–Crippen LogP) is 2.01. The molecule has 1 fully saturated rings. The number of sulfonamides is 1. The smallest absolute Gasteiger partial charge is 0.242 e. The van der Waals surface area contributed by atoms with Gasteiger partial charge in [-0.15, -0.1) is 11.3 Å². The van der Waals surface area contributed by atoms with Gasteiger partial charge in [-0.3, -0.25) is 0 Å². The lowest BCUT2D eigenvalue weighted by Gasteiger charge is -2.23. The number of rotatable bonds is 6. The van der Waals surface area contributed by atoms with Crippen molar-refractivity contribution in [2.24, 2.45) is 0 Å². The first-order chi connectivity index (χ1) is 9.90. The van der Waals surface area contributed by atoms with E-state index in [9.17, 15) is 8.42 Å². The highest BCUT2D eigenvalue weighted by atomic mass is 32.2. The Labute approximate surface area is 131 Å². The van der Waals surface area contributed by atoms with Crippen molar-refractivity contribution in [3.05, 3.63) is 15.8 Å². The van der Waals surface area contributed by atoms with Crippen LogP contribution in [0.2, 0.25) is 0 Å². The molecule has 0 bridgehead atoms. The van der Waals surface area contributed by atoms with Crippen molar-refractivity contribution in [2.45, 2.75) is 57.1 Å². The van der Waals surface area contributed by atoms with Crippen LogP contribution < -0.4 is 10.0 Å². The van der Waals surface area contributed by atoms with Gasteiger partial charge in [0.1, 0.15) is 4.90 Å². The highest BCUT2D eigenvalue weighted by Crippen LogP contribution is 2.27. The van der Waals surface area contributed by atoms with Gasteiger partial charge in [-0.25, -0.2) is 13.1 Å². The molecule has 2 rings (SSSR count). The quantitative estimate of drug-likeness (QED) is 0.836. The van der Waals surface area contributed by atoms with Gasteiger partial charge in [0.2, 0.25) is 10.0 Å². The fraction of sp³-hybridized carbons (Fsp3) is 0.714. The molecule has 0 saturated carbocycles. The summed E-state index contributed by atoms with van der Waals surface area (Å²) in [6, 6.07) is 0.205. The van der Waals surface area contributed by atoms with E-state index in [4.69, 9.17) is 4.74 Å². The highest BCUT2D eigenvalue weighted by Gasteiger charge is 2.27. The molecule has 1 aliphatic rings. The number of ether oxygens (including phenoxy) is 1. The highest BCUT2D eigenvalue weighted by molar-refractivity contribution is 7.89. The molecule has 1 aromatic rings. The van der Waals surface area contributed by atoms with Gasteiger partial charge in [0.25, 0.3) is 0 Å². The zero-order chi connectivity index (χ0) is 15.5. The van der Waals surface area contributed by atoms with Crippen LogP contribution in [0.1, 0.15) is 37.1 Å². The number of thiophene rings is 1.